The minimum absolute atomic E-state index is 0.0921. The molecule has 10 nitrogen and oxygen atoms in total. The van der Waals surface area contributed by atoms with Crippen LogP contribution in [0.25, 0.3) is 0 Å². The molecule has 0 saturated carbocycles. The largest absolute Gasteiger partial charge is 0.462 e. The molecule has 0 aliphatic carbocycles. The monoisotopic (exact) mass is 573 g/mol. The Balaban J connectivity index is 1.43. The lowest BCUT2D eigenvalue weighted by Crippen LogP contribution is -2.55. The van der Waals surface area contributed by atoms with Crippen LogP contribution in [0.1, 0.15) is 41.6 Å². The minimum Gasteiger partial charge on any atom is -0.462 e. The molecule has 4 heterocycles. The number of likely N-dealkylation sites (N-methyl/N-ethyl adjacent to an activating group) is 1. The van der Waals surface area contributed by atoms with Crippen LogP contribution in [-0.2, 0) is 22.5 Å². The number of anilines is 2. The third-order valence-electron chi connectivity index (χ3n) is 8.93. The van der Waals surface area contributed by atoms with Crippen molar-refractivity contribution in [2.45, 2.75) is 58.2 Å². The maximum absolute atomic E-state index is 12.9. The highest BCUT2D eigenvalue weighted by Gasteiger charge is 2.33. The van der Waals surface area contributed by atoms with Gasteiger partial charge in [0.1, 0.15) is 12.4 Å². The first kappa shape index (κ1) is 29.8. The van der Waals surface area contributed by atoms with Crippen molar-refractivity contribution in [3.8, 4) is 12.1 Å². The third-order valence-corrected chi connectivity index (χ3v) is 8.93. The van der Waals surface area contributed by atoms with Crippen LogP contribution in [0.4, 0.5) is 11.5 Å². The van der Waals surface area contributed by atoms with E-state index >= 15 is 0 Å². The fraction of sp³-hybridized carbons (Fsp3) is 0.562. The molecule has 0 unspecified atom stereocenters. The fourth-order valence-electron chi connectivity index (χ4n) is 6.32. The van der Waals surface area contributed by atoms with Gasteiger partial charge in [0.05, 0.1) is 37.4 Å². The summed E-state index contributed by atoms with van der Waals surface area (Å²) in [4.78, 5) is 31.7. The van der Waals surface area contributed by atoms with Crippen LogP contribution in [0.15, 0.2) is 30.4 Å². The standard InChI is InChI=1S/C32H43N7O3/c1-23-8-5-10-29(24(23)2)37-16-13-27-28(21-37)34-32(42-22-26-9-6-15-36(26)3)35-31(27)38-17-18-39(25(20-38)12-14-33)30(40)11-7-19-41-4/h5,7-8,10-11,25-26H,6,9,12-13,15-22H2,1-4H3/b11-7+/t25-,26-/m0/s1. The lowest BCUT2D eigenvalue weighted by Gasteiger charge is -2.42. The molecule has 1 aromatic heterocycles. The van der Waals surface area contributed by atoms with Crippen molar-refractivity contribution in [1.29, 1.82) is 5.26 Å². The fourth-order valence-corrected chi connectivity index (χ4v) is 6.32. The molecule has 1 aromatic carbocycles. The van der Waals surface area contributed by atoms with E-state index in [1.54, 1.807) is 24.2 Å². The molecule has 2 fully saturated rings. The number of nitrogens with zero attached hydrogens (tertiary/aromatic N) is 7. The number of fused-ring (bicyclic) bond motifs is 1. The molecule has 224 valence electrons. The quantitative estimate of drug-likeness (QED) is 0.419. The lowest BCUT2D eigenvalue weighted by molar-refractivity contribution is -0.128. The average Bonchev–Trinajstić information content (AvgIpc) is 3.41. The summed E-state index contributed by atoms with van der Waals surface area (Å²) in [6, 6.07) is 9.27. The van der Waals surface area contributed by atoms with Crippen LogP contribution in [-0.4, -0.2) is 97.9 Å². The number of amides is 1. The molecule has 2 saturated heterocycles. The predicted molar refractivity (Wildman–Crippen MR) is 163 cm³/mol. The van der Waals surface area contributed by atoms with Crippen LogP contribution in [0, 0.1) is 25.2 Å². The van der Waals surface area contributed by atoms with Gasteiger partial charge in [0.15, 0.2) is 0 Å². The molecule has 0 bridgehead atoms. The summed E-state index contributed by atoms with van der Waals surface area (Å²) in [5, 5.41) is 9.60. The Hall–Kier alpha value is -3.68. The van der Waals surface area contributed by atoms with Crippen LogP contribution in [0.5, 0.6) is 6.01 Å². The summed E-state index contributed by atoms with van der Waals surface area (Å²) in [6.07, 6.45) is 6.61. The Kier molecular flexibility index (Phi) is 9.60. The summed E-state index contributed by atoms with van der Waals surface area (Å²) in [5.41, 5.74) is 5.92. The summed E-state index contributed by atoms with van der Waals surface area (Å²) in [6.45, 7) is 9.56. The van der Waals surface area contributed by atoms with Gasteiger partial charge in [-0.05, 0) is 63.9 Å². The van der Waals surface area contributed by atoms with Crippen LogP contribution in [0.2, 0.25) is 0 Å². The van der Waals surface area contributed by atoms with Gasteiger partial charge >= 0.3 is 6.01 Å². The Morgan fingerprint density at radius 1 is 1.14 bits per heavy atom. The number of carbonyl (C=O) groups is 1. The molecule has 2 aromatic rings. The maximum Gasteiger partial charge on any atom is 0.318 e. The first-order valence-corrected chi connectivity index (χ1v) is 15.0. The van der Waals surface area contributed by atoms with Crippen molar-refractivity contribution >= 4 is 17.4 Å². The molecule has 0 N–H and O–H groups in total. The number of methoxy groups -OCH3 is 1. The van der Waals surface area contributed by atoms with Crippen molar-refractivity contribution in [2.75, 3.05) is 69.9 Å². The number of ether oxygens (including phenoxy) is 2. The number of hydrogen-bond donors (Lipinski definition) is 0. The Bertz CT molecular complexity index is 1340. The van der Waals surface area contributed by atoms with Gasteiger partial charge < -0.3 is 29.1 Å². The first-order valence-electron chi connectivity index (χ1n) is 15.0. The number of carbonyl (C=O) groups excluding carboxylic acids is 1. The summed E-state index contributed by atoms with van der Waals surface area (Å²) in [5.74, 6) is 0.783. The highest BCUT2D eigenvalue weighted by molar-refractivity contribution is 5.88. The zero-order valence-corrected chi connectivity index (χ0v) is 25.4. The number of rotatable bonds is 9. The number of hydrogen-bond acceptors (Lipinski definition) is 9. The number of aromatic nitrogens is 2. The number of benzene rings is 1. The van der Waals surface area contributed by atoms with E-state index in [1.165, 1.54) is 23.2 Å². The van der Waals surface area contributed by atoms with E-state index in [0.717, 1.165) is 43.0 Å². The average molecular weight is 574 g/mol. The van der Waals surface area contributed by atoms with E-state index in [-0.39, 0.29) is 18.4 Å². The first-order chi connectivity index (χ1) is 20.4. The molecule has 1 amide bonds. The summed E-state index contributed by atoms with van der Waals surface area (Å²) < 4.78 is 11.3. The Morgan fingerprint density at radius 2 is 2.00 bits per heavy atom. The van der Waals surface area contributed by atoms with Crippen molar-refractivity contribution in [3.63, 3.8) is 0 Å². The second-order valence-corrected chi connectivity index (χ2v) is 11.6. The van der Waals surface area contributed by atoms with Crippen molar-refractivity contribution in [1.82, 2.24) is 19.8 Å². The van der Waals surface area contributed by atoms with Gasteiger partial charge in [-0.15, -0.1) is 0 Å². The van der Waals surface area contributed by atoms with Crippen molar-refractivity contribution in [3.05, 3.63) is 52.7 Å². The normalized spacial score (nSPS) is 21.1. The molecule has 42 heavy (non-hydrogen) atoms. The molecule has 3 aliphatic heterocycles. The van der Waals surface area contributed by atoms with E-state index in [2.05, 4.69) is 59.9 Å². The zero-order chi connectivity index (χ0) is 29.6. The molecule has 0 spiro atoms. The van der Waals surface area contributed by atoms with Crippen LogP contribution in [0.3, 0.4) is 0 Å². The molecular weight excluding hydrogens is 530 g/mol. The van der Waals surface area contributed by atoms with E-state index in [0.29, 0.717) is 51.4 Å². The van der Waals surface area contributed by atoms with Crippen LogP contribution < -0.4 is 14.5 Å². The maximum atomic E-state index is 12.9. The molecule has 0 radical (unpaired) electrons. The van der Waals surface area contributed by atoms with Gasteiger partial charge in [0, 0.05) is 56.7 Å². The molecule has 2 atom stereocenters. The van der Waals surface area contributed by atoms with Crippen LogP contribution >= 0.6 is 0 Å². The number of likely N-dealkylation sites (tertiary alicyclic amines) is 1. The van der Waals surface area contributed by atoms with E-state index in [1.807, 2.05) is 0 Å². The molecule has 5 rings (SSSR count). The van der Waals surface area contributed by atoms with Crippen molar-refractivity contribution in [2.24, 2.45) is 0 Å². The molecule has 10 heteroatoms. The van der Waals surface area contributed by atoms with Crippen molar-refractivity contribution < 1.29 is 14.3 Å². The third kappa shape index (κ3) is 6.53. The number of nitriles is 1. The zero-order valence-electron chi connectivity index (χ0n) is 25.4. The lowest BCUT2D eigenvalue weighted by atomic mass is 10.0. The highest BCUT2D eigenvalue weighted by atomic mass is 16.5. The second-order valence-electron chi connectivity index (χ2n) is 11.6. The van der Waals surface area contributed by atoms with Gasteiger partial charge in [0.2, 0.25) is 5.91 Å². The highest BCUT2D eigenvalue weighted by Crippen LogP contribution is 2.34. The van der Waals surface area contributed by atoms with E-state index in [9.17, 15) is 10.1 Å². The van der Waals surface area contributed by atoms with Gasteiger partial charge in [-0.25, -0.2) is 0 Å². The van der Waals surface area contributed by atoms with Gasteiger partial charge in [-0.2, -0.15) is 15.2 Å². The Labute approximate surface area is 249 Å². The van der Waals surface area contributed by atoms with Gasteiger partial charge in [-0.3, -0.25) is 4.79 Å². The summed E-state index contributed by atoms with van der Waals surface area (Å²) >= 11 is 0. The van der Waals surface area contributed by atoms with E-state index < -0.39 is 0 Å². The number of aryl methyl sites for hydroxylation is 1. The SMILES string of the molecule is COC/C=C/C(=O)N1CCN(c2nc(OC[C@@H]3CCCN3C)nc3c2CCN(c2cccc(C)c2C)C3)C[C@@H]1CC#N. The second kappa shape index (κ2) is 13.5. The summed E-state index contributed by atoms with van der Waals surface area (Å²) in [7, 11) is 3.74. The molecular formula is C32H43N7O3. The van der Waals surface area contributed by atoms with Gasteiger partial charge in [-0.1, -0.05) is 18.2 Å². The minimum atomic E-state index is -0.236. The number of piperazine rings is 1. The predicted octanol–water partition coefficient (Wildman–Crippen LogP) is 3.26. The van der Waals surface area contributed by atoms with Gasteiger partial charge in [0.25, 0.3) is 0 Å². The Morgan fingerprint density at radius 3 is 2.76 bits per heavy atom. The molecule has 3 aliphatic rings. The topological polar surface area (TPSA) is 98.1 Å². The smallest absolute Gasteiger partial charge is 0.318 e. The van der Waals surface area contributed by atoms with E-state index in [4.69, 9.17) is 19.4 Å².